The van der Waals surface area contributed by atoms with Gasteiger partial charge in [0, 0.05) is 62.9 Å². The Morgan fingerprint density at radius 2 is 1.57 bits per heavy atom. The first-order valence-corrected chi connectivity index (χ1v) is 13.0. The Hall–Kier alpha value is -3.92. The zero-order valence-corrected chi connectivity index (χ0v) is 21.4. The van der Waals surface area contributed by atoms with Gasteiger partial charge < -0.3 is 29.3 Å². The fraction of sp³-hybridized carbons (Fsp3) is 0.407. The highest BCUT2D eigenvalue weighted by Gasteiger charge is 2.23. The Bertz CT molecular complexity index is 1330. The molecule has 0 unspecified atom stereocenters. The Kier molecular flexibility index (Phi) is 6.48. The molecule has 2 aliphatic rings. The summed E-state index contributed by atoms with van der Waals surface area (Å²) in [6.07, 6.45) is 3.71. The highest BCUT2D eigenvalue weighted by molar-refractivity contribution is 5.87. The third kappa shape index (κ3) is 4.89. The SMILES string of the molecule is CC(C)n1cnc2c(Nc3ccc(N4CCOCC4)cc3)nc(N3CCN(c4ccccn4)CC3)nc21. The number of ether oxygens (including phenoxy) is 1. The molecule has 0 spiro atoms. The molecule has 10 nitrogen and oxygen atoms in total. The zero-order valence-electron chi connectivity index (χ0n) is 21.4. The van der Waals surface area contributed by atoms with Gasteiger partial charge in [-0.05, 0) is 50.2 Å². The van der Waals surface area contributed by atoms with Crippen molar-refractivity contribution in [3.05, 3.63) is 55.0 Å². The van der Waals surface area contributed by atoms with E-state index in [1.54, 1.807) is 0 Å². The van der Waals surface area contributed by atoms with E-state index < -0.39 is 0 Å². The summed E-state index contributed by atoms with van der Waals surface area (Å²) in [7, 11) is 0. The van der Waals surface area contributed by atoms with Crippen LogP contribution in [0.5, 0.6) is 0 Å². The van der Waals surface area contributed by atoms with Gasteiger partial charge in [-0.15, -0.1) is 0 Å². The van der Waals surface area contributed by atoms with E-state index in [0.29, 0.717) is 0 Å². The van der Waals surface area contributed by atoms with Gasteiger partial charge in [0.2, 0.25) is 5.95 Å². The smallest absolute Gasteiger partial charge is 0.229 e. The molecule has 3 aromatic heterocycles. The molecule has 1 aromatic carbocycles. The lowest BCUT2D eigenvalue weighted by Gasteiger charge is -2.35. The van der Waals surface area contributed by atoms with Gasteiger partial charge in [-0.2, -0.15) is 9.97 Å². The van der Waals surface area contributed by atoms with Crippen molar-refractivity contribution in [2.24, 2.45) is 0 Å². The lowest BCUT2D eigenvalue weighted by Crippen LogP contribution is -2.47. The standard InChI is InChI=1S/C27H33N9O/c1-20(2)36-19-29-24-25(30-21-6-8-22(9-7-21)33-15-17-37-18-16-33)31-27(32-26(24)36)35-13-11-34(12-14-35)23-5-3-4-10-28-23/h3-10,19-20H,11-18H2,1-2H3,(H,30,31,32). The van der Waals surface area contributed by atoms with Crippen molar-refractivity contribution >= 4 is 40.1 Å². The summed E-state index contributed by atoms with van der Waals surface area (Å²) in [5.41, 5.74) is 3.81. The maximum absolute atomic E-state index is 5.49. The number of piperazine rings is 1. The van der Waals surface area contributed by atoms with Crippen molar-refractivity contribution in [1.29, 1.82) is 0 Å². The molecule has 6 rings (SSSR count). The molecule has 192 valence electrons. The molecule has 2 fully saturated rings. The number of hydrogen-bond acceptors (Lipinski definition) is 9. The number of nitrogens with zero attached hydrogens (tertiary/aromatic N) is 8. The largest absolute Gasteiger partial charge is 0.378 e. The second-order valence-corrected chi connectivity index (χ2v) is 9.72. The molecule has 5 heterocycles. The van der Waals surface area contributed by atoms with Gasteiger partial charge in [0.25, 0.3) is 0 Å². The average molecular weight is 500 g/mol. The molecule has 4 aromatic rings. The second-order valence-electron chi connectivity index (χ2n) is 9.72. The quantitative estimate of drug-likeness (QED) is 0.427. The van der Waals surface area contributed by atoms with Crippen LogP contribution in [0.15, 0.2) is 55.0 Å². The molecular weight excluding hydrogens is 466 g/mol. The minimum absolute atomic E-state index is 0.245. The van der Waals surface area contributed by atoms with E-state index in [2.05, 4.69) is 78.7 Å². The van der Waals surface area contributed by atoms with Crippen LogP contribution in [0.3, 0.4) is 0 Å². The summed E-state index contributed by atoms with van der Waals surface area (Å²) in [5, 5.41) is 3.53. The first-order valence-electron chi connectivity index (χ1n) is 13.0. The van der Waals surface area contributed by atoms with Gasteiger partial charge >= 0.3 is 0 Å². The molecule has 0 amide bonds. The van der Waals surface area contributed by atoms with E-state index in [4.69, 9.17) is 14.7 Å². The molecule has 1 N–H and O–H groups in total. The van der Waals surface area contributed by atoms with Crippen LogP contribution in [0.2, 0.25) is 0 Å². The molecular formula is C27H33N9O. The van der Waals surface area contributed by atoms with Crippen LogP contribution in [-0.2, 0) is 4.74 Å². The topological polar surface area (TPSA) is 87.5 Å². The fourth-order valence-electron chi connectivity index (χ4n) is 4.90. The highest BCUT2D eigenvalue weighted by atomic mass is 16.5. The molecule has 0 radical (unpaired) electrons. The predicted octanol–water partition coefficient (Wildman–Crippen LogP) is 3.71. The minimum atomic E-state index is 0.245. The number of fused-ring (bicyclic) bond motifs is 1. The van der Waals surface area contributed by atoms with Crippen molar-refractivity contribution in [2.75, 3.05) is 72.5 Å². The van der Waals surface area contributed by atoms with E-state index in [0.717, 1.165) is 86.9 Å². The summed E-state index contributed by atoms with van der Waals surface area (Å²) in [6.45, 7) is 11.1. The van der Waals surface area contributed by atoms with E-state index in [1.165, 1.54) is 5.69 Å². The predicted molar refractivity (Wildman–Crippen MR) is 147 cm³/mol. The third-order valence-electron chi connectivity index (χ3n) is 7.01. The van der Waals surface area contributed by atoms with Gasteiger partial charge in [-0.25, -0.2) is 9.97 Å². The number of hydrogen-bond donors (Lipinski definition) is 1. The summed E-state index contributed by atoms with van der Waals surface area (Å²) >= 11 is 0. The number of nitrogens with one attached hydrogen (secondary N) is 1. The molecule has 2 saturated heterocycles. The monoisotopic (exact) mass is 499 g/mol. The number of pyridine rings is 1. The van der Waals surface area contributed by atoms with Crippen molar-refractivity contribution in [3.63, 3.8) is 0 Å². The third-order valence-corrected chi connectivity index (χ3v) is 7.01. The maximum Gasteiger partial charge on any atom is 0.229 e. The van der Waals surface area contributed by atoms with Gasteiger partial charge in [-0.1, -0.05) is 6.07 Å². The zero-order chi connectivity index (χ0) is 25.2. The lowest BCUT2D eigenvalue weighted by molar-refractivity contribution is 0.122. The summed E-state index contributed by atoms with van der Waals surface area (Å²) in [5.74, 6) is 2.47. The van der Waals surface area contributed by atoms with Gasteiger partial charge in [-0.3, -0.25) is 0 Å². The number of anilines is 5. The van der Waals surface area contributed by atoms with Crippen molar-refractivity contribution < 1.29 is 4.74 Å². The molecule has 2 aliphatic heterocycles. The molecule has 0 bridgehead atoms. The van der Waals surface area contributed by atoms with Gasteiger partial charge in [0.1, 0.15) is 5.82 Å². The van der Waals surface area contributed by atoms with E-state index in [1.807, 2.05) is 24.7 Å². The van der Waals surface area contributed by atoms with Crippen LogP contribution in [0.1, 0.15) is 19.9 Å². The van der Waals surface area contributed by atoms with Crippen LogP contribution < -0.4 is 20.0 Å². The number of aromatic nitrogens is 5. The Morgan fingerprint density at radius 3 is 2.27 bits per heavy atom. The van der Waals surface area contributed by atoms with Crippen LogP contribution in [0.25, 0.3) is 11.2 Å². The number of imidazole rings is 1. The highest BCUT2D eigenvalue weighted by Crippen LogP contribution is 2.29. The minimum Gasteiger partial charge on any atom is -0.378 e. The molecule has 37 heavy (non-hydrogen) atoms. The van der Waals surface area contributed by atoms with Gasteiger partial charge in [0.05, 0.1) is 19.5 Å². The molecule has 0 aliphatic carbocycles. The van der Waals surface area contributed by atoms with Crippen LogP contribution in [0.4, 0.5) is 29.0 Å². The first-order chi connectivity index (χ1) is 18.2. The van der Waals surface area contributed by atoms with Crippen molar-refractivity contribution in [1.82, 2.24) is 24.5 Å². The summed E-state index contributed by atoms with van der Waals surface area (Å²) in [4.78, 5) is 26.0. The van der Waals surface area contributed by atoms with Crippen LogP contribution in [0, 0.1) is 0 Å². The maximum atomic E-state index is 5.49. The Morgan fingerprint density at radius 1 is 0.811 bits per heavy atom. The van der Waals surface area contributed by atoms with Crippen molar-refractivity contribution in [2.45, 2.75) is 19.9 Å². The average Bonchev–Trinajstić information content (AvgIpc) is 3.39. The van der Waals surface area contributed by atoms with E-state index in [9.17, 15) is 0 Å². The van der Waals surface area contributed by atoms with E-state index >= 15 is 0 Å². The van der Waals surface area contributed by atoms with Crippen LogP contribution >= 0.6 is 0 Å². The molecule has 10 heteroatoms. The molecule has 0 atom stereocenters. The second kappa shape index (κ2) is 10.2. The number of rotatable bonds is 6. The normalized spacial score (nSPS) is 16.6. The lowest BCUT2D eigenvalue weighted by atomic mass is 10.2. The Balaban J connectivity index is 1.26. The molecule has 0 saturated carbocycles. The van der Waals surface area contributed by atoms with E-state index in [-0.39, 0.29) is 6.04 Å². The number of morpholine rings is 1. The van der Waals surface area contributed by atoms with Gasteiger partial charge in [0.15, 0.2) is 17.0 Å². The summed E-state index contributed by atoms with van der Waals surface area (Å²) < 4.78 is 7.59. The first kappa shape index (κ1) is 23.5. The number of benzene rings is 1. The Labute approximate surface area is 216 Å². The van der Waals surface area contributed by atoms with Crippen LogP contribution in [-0.4, -0.2) is 77.0 Å². The van der Waals surface area contributed by atoms with Crippen molar-refractivity contribution in [3.8, 4) is 0 Å². The fourth-order valence-corrected chi connectivity index (χ4v) is 4.90. The summed E-state index contributed by atoms with van der Waals surface area (Å²) in [6, 6.07) is 14.8.